The third kappa shape index (κ3) is 3.95. The average Bonchev–Trinajstić information content (AvgIpc) is 2.97. The Balaban J connectivity index is 2.27. The molecule has 1 fully saturated rings. The first-order chi connectivity index (χ1) is 10.9. The lowest BCUT2D eigenvalue weighted by Gasteiger charge is -2.37. The lowest BCUT2D eigenvalue weighted by atomic mass is 10.0. The molecule has 0 spiro atoms. The van der Waals surface area contributed by atoms with Crippen LogP contribution < -0.4 is 5.32 Å². The lowest BCUT2D eigenvalue weighted by Crippen LogP contribution is -2.47. The van der Waals surface area contributed by atoms with Gasteiger partial charge in [-0.2, -0.15) is 4.31 Å². The van der Waals surface area contributed by atoms with E-state index in [0.29, 0.717) is 11.4 Å². The Morgan fingerprint density at radius 3 is 2.61 bits per heavy atom. The molecule has 23 heavy (non-hydrogen) atoms. The van der Waals surface area contributed by atoms with Crippen LogP contribution in [0.5, 0.6) is 0 Å². The third-order valence-corrected chi connectivity index (χ3v) is 7.53. The van der Waals surface area contributed by atoms with Gasteiger partial charge >= 0.3 is 0 Å². The number of nitrogens with zero attached hydrogens (tertiary/aromatic N) is 1. The summed E-state index contributed by atoms with van der Waals surface area (Å²) in [6.07, 6.45) is 4.65. The molecule has 1 aliphatic rings. The summed E-state index contributed by atoms with van der Waals surface area (Å²) in [5, 5.41) is 4.49. The van der Waals surface area contributed by atoms with Crippen molar-refractivity contribution in [1.29, 1.82) is 0 Å². The fourth-order valence-corrected chi connectivity index (χ4v) is 6.31. The molecule has 2 rings (SSSR count). The molecule has 0 aliphatic carbocycles. The second-order valence-corrected chi connectivity index (χ2v) is 8.92. The summed E-state index contributed by atoms with van der Waals surface area (Å²) in [6, 6.07) is 1.50. The molecular weight excluding hydrogens is 332 g/mol. The first-order valence-corrected chi connectivity index (χ1v) is 10.6. The van der Waals surface area contributed by atoms with Crippen LogP contribution in [0, 0.1) is 0 Å². The van der Waals surface area contributed by atoms with Crippen molar-refractivity contribution >= 4 is 27.3 Å². The summed E-state index contributed by atoms with van der Waals surface area (Å²) < 4.78 is 27.7. The molecule has 0 radical (unpaired) electrons. The normalized spacial score (nSPS) is 22.9. The molecule has 5 nitrogen and oxygen atoms in total. The zero-order valence-corrected chi connectivity index (χ0v) is 15.7. The fraction of sp³-hybridized carbons (Fsp3) is 0.688. The summed E-state index contributed by atoms with van der Waals surface area (Å²) in [6.45, 7) is 6.51. The molecule has 0 aromatic carbocycles. The molecule has 2 heterocycles. The Labute approximate surface area is 143 Å². The number of sulfonamides is 1. The number of rotatable bonds is 6. The van der Waals surface area contributed by atoms with Gasteiger partial charge in [-0.05, 0) is 44.6 Å². The standard InChI is InChI=1S/C16H26N2O3S2/c1-4-5-10-17-16(19)15-14(9-11-22-15)23(20,21)18-12(2)7-6-8-13(18)3/h9,11-13H,4-8,10H2,1-3H3,(H,17,19)/t12-,13-/m0/s1. The van der Waals surface area contributed by atoms with Gasteiger partial charge in [0.1, 0.15) is 9.77 Å². The molecule has 0 unspecified atom stereocenters. The van der Waals surface area contributed by atoms with Crippen LogP contribution in [0.1, 0.15) is 62.5 Å². The molecule has 1 aliphatic heterocycles. The maximum Gasteiger partial charge on any atom is 0.262 e. The zero-order chi connectivity index (χ0) is 17.0. The predicted molar refractivity (Wildman–Crippen MR) is 93.4 cm³/mol. The first-order valence-electron chi connectivity index (χ1n) is 8.28. The largest absolute Gasteiger partial charge is 0.351 e. The van der Waals surface area contributed by atoms with Gasteiger partial charge in [0.2, 0.25) is 10.0 Å². The lowest BCUT2D eigenvalue weighted by molar-refractivity contribution is 0.0953. The van der Waals surface area contributed by atoms with Gasteiger partial charge in [0.05, 0.1) is 0 Å². The predicted octanol–water partition coefficient (Wildman–Crippen LogP) is 3.23. The zero-order valence-electron chi connectivity index (χ0n) is 14.0. The number of unbranched alkanes of at least 4 members (excludes halogenated alkanes) is 1. The van der Waals surface area contributed by atoms with E-state index < -0.39 is 10.0 Å². The molecule has 1 aromatic heterocycles. The summed E-state index contributed by atoms with van der Waals surface area (Å²) >= 11 is 1.19. The van der Waals surface area contributed by atoms with Crippen LogP contribution in [0.4, 0.5) is 0 Å². The fourth-order valence-electron chi connectivity index (χ4n) is 3.11. The molecule has 1 N–H and O–H groups in total. The Morgan fingerprint density at radius 2 is 2.00 bits per heavy atom. The van der Waals surface area contributed by atoms with E-state index in [9.17, 15) is 13.2 Å². The van der Waals surface area contributed by atoms with Gasteiger partial charge in [-0.1, -0.05) is 19.8 Å². The highest BCUT2D eigenvalue weighted by Crippen LogP contribution is 2.32. The molecule has 7 heteroatoms. The summed E-state index contributed by atoms with van der Waals surface area (Å²) in [4.78, 5) is 12.8. The van der Waals surface area contributed by atoms with Gasteiger partial charge < -0.3 is 5.32 Å². The third-order valence-electron chi connectivity index (χ3n) is 4.32. The monoisotopic (exact) mass is 358 g/mol. The van der Waals surface area contributed by atoms with Crippen molar-refractivity contribution in [3.63, 3.8) is 0 Å². The smallest absolute Gasteiger partial charge is 0.262 e. The van der Waals surface area contributed by atoms with Crippen molar-refractivity contribution in [1.82, 2.24) is 9.62 Å². The topological polar surface area (TPSA) is 66.5 Å². The number of nitrogens with one attached hydrogen (secondary N) is 1. The Hall–Kier alpha value is -0.920. The van der Waals surface area contributed by atoms with Gasteiger partial charge in [0.25, 0.3) is 5.91 Å². The molecule has 1 aromatic rings. The van der Waals surface area contributed by atoms with Gasteiger partial charge in [-0.3, -0.25) is 4.79 Å². The SMILES string of the molecule is CCCCNC(=O)c1sccc1S(=O)(=O)N1[C@@H](C)CCC[C@@H]1C. The molecular formula is C16H26N2O3S2. The van der Waals surface area contributed by atoms with Crippen molar-refractivity contribution < 1.29 is 13.2 Å². The van der Waals surface area contributed by atoms with Gasteiger partial charge in [0, 0.05) is 18.6 Å². The van der Waals surface area contributed by atoms with Crippen LogP contribution in [0.25, 0.3) is 0 Å². The Morgan fingerprint density at radius 1 is 1.35 bits per heavy atom. The molecule has 0 bridgehead atoms. The van der Waals surface area contributed by atoms with Crippen LogP contribution in [0.15, 0.2) is 16.3 Å². The summed E-state index contributed by atoms with van der Waals surface area (Å²) in [5.41, 5.74) is 0. The second-order valence-electron chi connectivity index (χ2n) is 6.19. The van der Waals surface area contributed by atoms with Gasteiger partial charge in [-0.15, -0.1) is 11.3 Å². The van der Waals surface area contributed by atoms with Gasteiger partial charge in [-0.25, -0.2) is 8.42 Å². The van der Waals surface area contributed by atoms with Crippen molar-refractivity contribution in [3.8, 4) is 0 Å². The highest BCUT2D eigenvalue weighted by Gasteiger charge is 2.38. The van der Waals surface area contributed by atoms with Crippen molar-refractivity contribution in [2.75, 3.05) is 6.54 Å². The number of piperidine rings is 1. The molecule has 2 atom stereocenters. The van der Waals surface area contributed by atoms with Crippen LogP contribution in [0.2, 0.25) is 0 Å². The summed E-state index contributed by atoms with van der Waals surface area (Å²) in [5.74, 6) is -0.288. The van der Waals surface area contributed by atoms with E-state index >= 15 is 0 Å². The van der Waals surface area contributed by atoms with Crippen LogP contribution in [-0.4, -0.2) is 37.3 Å². The number of carbonyl (C=O) groups is 1. The highest BCUT2D eigenvalue weighted by molar-refractivity contribution is 7.89. The highest BCUT2D eigenvalue weighted by atomic mass is 32.2. The quantitative estimate of drug-likeness (QED) is 0.794. The van der Waals surface area contributed by atoms with Crippen molar-refractivity contribution in [3.05, 3.63) is 16.3 Å². The van der Waals surface area contributed by atoms with E-state index in [1.54, 1.807) is 15.8 Å². The minimum absolute atomic E-state index is 0.0281. The molecule has 1 saturated heterocycles. The maximum atomic E-state index is 13.1. The van der Waals surface area contributed by atoms with E-state index in [1.807, 2.05) is 20.8 Å². The maximum absolute atomic E-state index is 13.1. The van der Waals surface area contributed by atoms with Crippen molar-refractivity contribution in [2.24, 2.45) is 0 Å². The number of hydrogen-bond donors (Lipinski definition) is 1. The van der Waals surface area contributed by atoms with E-state index in [-0.39, 0.29) is 22.9 Å². The number of hydrogen-bond acceptors (Lipinski definition) is 4. The van der Waals surface area contributed by atoms with E-state index in [0.717, 1.165) is 32.1 Å². The molecule has 0 saturated carbocycles. The van der Waals surface area contributed by atoms with Gasteiger partial charge in [0.15, 0.2) is 0 Å². The van der Waals surface area contributed by atoms with Crippen molar-refractivity contribution in [2.45, 2.75) is 69.9 Å². The summed E-state index contributed by atoms with van der Waals surface area (Å²) in [7, 11) is -3.64. The van der Waals surface area contributed by atoms with E-state index in [2.05, 4.69) is 5.32 Å². The number of amides is 1. The molecule has 1 amide bonds. The minimum atomic E-state index is -3.64. The average molecular weight is 359 g/mol. The Bertz CT molecular complexity index is 630. The minimum Gasteiger partial charge on any atom is -0.351 e. The van der Waals surface area contributed by atoms with E-state index in [1.165, 1.54) is 11.3 Å². The second kappa shape index (κ2) is 7.77. The molecule has 130 valence electrons. The van der Waals surface area contributed by atoms with Crippen LogP contribution in [-0.2, 0) is 10.0 Å². The number of carbonyl (C=O) groups excluding carboxylic acids is 1. The Kier molecular flexibility index (Phi) is 6.22. The number of thiophene rings is 1. The van der Waals surface area contributed by atoms with E-state index in [4.69, 9.17) is 0 Å². The van der Waals surface area contributed by atoms with Crippen LogP contribution >= 0.6 is 11.3 Å². The van der Waals surface area contributed by atoms with Crippen LogP contribution in [0.3, 0.4) is 0 Å². The first kappa shape index (κ1) is 18.4.